The summed E-state index contributed by atoms with van der Waals surface area (Å²) < 4.78 is 6.60. The maximum absolute atomic E-state index is 12.0. The number of anilines is 1. The number of carbonyl (C=O) groups excluding carboxylic acids is 1. The maximum Gasteiger partial charge on any atom is 0.274 e. The van der Waals surface area contributed by atoms with E-state index in [2.05, 4.69) is 15.5 Å². The highest BCUT2D eigenvalue weighted by atomic mass is 32.1. The van der Waals surface area contributed by atoms with Gasteiger partial charge in [0.05, 0.1) is 0 Å². The van der Waals surface area contributed by atoms with Crippen LogP contribution < -0.4 is 5.32 Å². The number of aromatic nitrogens is 3. The highest BCUT2D eigenvalue weighted by molar-refractivity contribution is 7.15. The van der Waals surface area contributed by atoms with Gasteiger partial charge in [-0.2, -0.15) is 0 Å². The van der Waals surface area contributed by atoms with E-state index in [1.54, 1.807) is 35.2 Å². The first-order valence-corrected chi connectivity index (χ1v) is 5.77. The molecular formula is C10H8N4O2S. The summed E-state index contributed by atoms with van der Waals surface area (Å²) in [6.07, 6.45) is 3.40. The molecule has 0 spiro atoms. The minimum Gasteiger partial charge on any atom is -0.360 e. The first-order valence-electron chi connectivity index (χ1n) is 4.89. The zero-order valence-electron chi connectivity index (χ0n) is 8.88. The van der Waals surface area contributed by atoms with Crippen molar-refractivity contribution >= 4 is 28.0 Å². The van der Waals surface area contributed by atoms with Crippen molar-refractivity contribution in [3.05, 3.63) is 35.3 Å². The zero-order chi connectivity index (χ0) is 11.8. The van der Waals surface area contributed by atoms with E-state index in [1.807, 2.05) is 0 Å². The number of rotatable bonds is 2. The summed E-state index contributed by atoms with van der Waals surface area (Å²) in [4.78, 5) is 16.8. The van der Waals surface area contributed by atoms with Crippen LogP contribution in [0.15, 0.2) is 28.4 Å². The van der Waals surface area contributed by atoms with Gasteiger partial charge >= 0.3 is 0 Å². The van der Waals surface area contributed by atoms with Crippen LogP contribution in [0, 0.1) is 6.92 Å². The second-order valence-electron chi connectivity index (χ2n) is 3.48. The number of hydrogen-bond donors (Lipinski definition) is 1. The van der Waals surface area contributed by atoms with Gasteiger partial charge in [-0.25, -0.2) is 4.98 Å². The van der Waals surface area contributed by atoms with Crippen LogP contribution in [0.3, 0.4) is 0 Å². The highest BCUT2D eigenvalue weighted by Crippen LogP contribution is 2.16. The van der Waals surface area contributed by atoms with Crippen LogP contribution in [0.1, 0.15) is 16.2 Å². The number of nitrogens with one attached hydrogen (secondary N) is 1. The Kier molecular flexibility index (Phi) is 2.19. The Morgan fingerprint density at radius 3 is 3.24 bits per heavy atom. The molecule has 0 aromatic carbocycles. The van der Waals surface area contributed by atoms with Gasteiger partial charge in [0.1, 0.15) is 11.5 Å². The van der Waals surface area contributed by atoms with Gasteiger partial charge in [0, 0.05) is 23.8 Å². The van der Waals surface area contributed by atoms with Crippen LogP contribution in [0.2, 0.25) is 0 Å². The van der Waals surface area contributed by atoms with Gasteiger partial charge < -0.3 is 9.84 Å². The van der Waals surface area contributed by atoms with E-state index >= 15 is 0 Å². The molecule has 0 unspecified atom stereocenters. The third-order valence-corrected chi connectivity index (χ3v) is 3.10. The molecule has 7 heteroatoms. The Hall–Kier alpha value is -2.15. The Bertz CT molecular complexity index is 681. The molecule has 0 bridgehead atoms. The zero-order valence-corrected chi connectivity index (χ0v) is 9.69. The first-order chi connectivity index (χ1) is 8.24. The van der Waals surface area contributed by atoms with Crippen molar-refractivity contribution < 1.29 is 9.32 Å². The smallest absolute Gasteiger partial charge is 0.274 e. The van der Waals surface area contributed by atoms with E-state index < -0.39 is 0 Å². The van der Waals surface area contributed by atoms with E-state index in [-0.39, 0.29) is 5.91 Å². The van der Waals surface area contributed by atoms with Gasteiger partial charge in [0.2, 0.25) is 0 Å². The Balaban J connectivity index is 1.90. The number of amides is 1. The fourth-order valence-corrected chi connectivity index (χ4v) is 2.33. The molecule has 0 saturated heterocycles. The van der Waals surface area contributed by atoms with Gasteiger partial charge in [-0.15, -0.1) is 11.3 Å². The fraction of sp³-hybridized carbons (Fsp3) is 0.100. The molecule has 86 valence electrons. The second-order valence-corrected chi connectivity index (χ2v) is 4.31. The average molecular weight is 248 g/mol. The van der Waals surface area contributed by atoms with Gasteiger partial charge in [-0.1, -0.05) is 5.16 Å². The second kappa shape index (κ2) is 3.70. The van der Waals surface area contributed by atoms with Crippen molar-refractivity contribution in [3.63, 3.8) is 0 Å². The van der Waals surface area contributed by atoms with E-state index in [9.17, 15) is 4.79 Å². The topological polar surface area (TPSA) is 72.4 Å². The van der Waals surface area contributed by atoms with Crippen molar-refractivity contribution in [3.8, 4) is 0 Å². The van der Waals surface area contributed by atoms with Crippen molar-refractivity contribution in [1.29, 1.82) is 0 Å². The van der Waals surface area contributed by atoms with E-state index in [0.29, 0.717) is 17.3 Å². The van der Waals surface area contributed by atoms with Crippen LogP contribution in [0.5, 0.6) is 0 Å². The summed E-state index contributed by atoms with van der Waals surface area (Å²) in [5, 5.41) is 8.12. The summed E-state index contributed by atoms with van der Waals surface area (Å²) in [6, 6.07) is 1.66. The van der Waals surface area contributed by atoms with Gasteiger partial charge in [-0.3, -0.25) is 9.20 Å². The highest BCUT2D eigenvalue weighted by Gasteiger charge is 2.14. The number of hydrogen-bond acceptors (Lipinski definition) is 5. The van der Waals surface area contributed by atoms with Gasteiger partial charge in [-0.05, 0) is 6.92 Å². The predicted octanol–water partition coefficient (Wildman–Crippen LogP) is 1.94. The Labute approximate surface area is 99.9 Å². The molecule has 0 aliphatic rings. The van der Waals surface area contributed by atoms with Crippen molar-refractivity contribution in [2.75, 3.05) is 5.32 Å². The normalized spacial score (nSPS) is 10.9. The summed E-state index contributed by atoms with van der Waals surface area (Å²) >= 11 is 1.41. The Morgan fingerprint density at radius 1 is 1.59 bits per heavy atom. The Morgan fingerprint density at radius 2 is 2.47 bits per heavy atom. The number of nitrogens with zero attached hydrogens (tertiary/aromatic N) is 3. The van der Waals surface area contributed by atoms with Gasteiger partial charge in [0.15, 0.2) is 10.8 Å². The molecular weight excluding hydrogens is 240 g/mol. The molecule has 1 amide bonds. The lowest BCUT2D eigenvalue weighted by molar-refractivity contribution is 0.102. The molecule has 0 radical (unpaired) electrons. The molecule has 0 saturated carbocycles. The minimum absolute atomic E-state index is 0.234. The van der Waals surface area contributed by atoms with Crippen LogP contribution in [-0.4, -0.2) is 20.4 Å². The third kappa shape index (κ3) is 1.70. The van der Waals surface area contributed by atoms with E-state index in [1.165, 1.54) is 11.3 Å². The van der Waals surface area contributed by atoms with Crippen molar-refractivity contribution in [2.24, 2.45) is 0 Å². The minimum atomic E-state index is -0.234. The number of imidazole rings is 1. The molecule has 3 aromatic rings. The summed E-state index contributed by atoms with van der Waals surface area (Å²) in [6.45, 7) is 1.77. The first kappa shape index (κ1) is 10.0. The summed E-state index contributed by atoms with van der Waals surface area (Å²) in [5.41, 5.74) is 0.531. The van der Waals surface area contributed by atoms with E-state index in [4.69, 9.17) is 4.52 Å². The third-order valence-electron chi connectivity index (χ3n) is 2.24. The average Bonchev–Trinajstić information content (AvgIpc) is 2.93. The SMILES string of the molecule is Cc1cc(NC(=O)c2csc3nccn23)no1. The van der Waals surface area contributed by atoms with Crippen LogP contribution in [0.25, 0.3) is 4.96 Å². The van der Waals surface area contributed by atoms with Crippen molar-refractivity contribution in [2.45, 2.75) is 6.92 Å². The lowest BCUT2D eigenvalue weighted by Crippen LogP contribution is -2.13. The maximum atomic E-state index is 12.0. The van der Waals surface area contributed by atoms with E-state index in [0.717, 1.165) is 4.96 Å². The monoisotopic (exact) mass is 248 g/mol. The molecule has 0 fully saturated rings. The van der Waals surface area contributed by atoms with Crippen LogP contribution in [-0.2, 0) is 0 Å². The van der Waals surface area contributed by atoms with Crippen molar-refractivity contribution in [1.82, 2.24) is 14.5 Å². The quantitative estimate of drug-likeness (QED) is 0.752. The lowest BCUT2D eigenvalue weighted by atomic mass is 10.4. The van der Waals surface area contributed by atoms with Gasteiger partial charge in [0.25, 0.3) is 5.91 Å². The summed E-state index contributed by atoms with van der Waals surface area (Å²) in [7, 11) is 0. The molecule has 0 aliphatic heterocycles. The molecule has 17 heavy (non-hydrogen) atoms. The molecule has 6 nitrogen and oxygen atoms in total. The summed E-state index contributed by atoms with van der Waals surface area (Å²) in [5.74, 6) is 0.827. The number of fused-ring (bicyclic) bond motifs is 1. The molecule has 3 aromatic heterocycles. The lowest BCUT2D eigenvalue weighted by Gasteiger charge is -1.98. The fourth-order valence-electron chi connectivity index (χ4n) is 1.49. The largest absolute Gasteiger partial charge is 0.360 e. The molecule has 1 N–H and O–H groups in total. The number of thiazole rings is 1. The van der Waals surface area contributed by atoms with Crippen LogP contribution in [0.4, 0.5) is 5.82 Å². The number of aryl methyl sites for hydroxylation is 1. The molecule has 0 atom stereocenters. The van der Waals surface area contributed by atoms with Crippen LogP contribution >= 0.6 is 11.3 Å². The molecule has 3 heterocycles. The molecule has 3 rings (SSSR count). The predicted molar refractivity (Wildman–Crippen MR) is 62.3 cm³/mol. The standard InChI is InChI=1S/C10H8N4O2S/c1-6-4-8(13-16-6)12-9(15)7-5-17-10-11-2-3-14(7)10/h2-5H,1H3,(H,12,13,15). The number of carbonyl (C=O) groups is 1. The molecule has 0 aliphatic carbocycles.